The van der Waals surface area contributed by atoms with E-state index in [4.69, 9.17) is 15.0 Å². The summed E-state index contributed by atoms with van der Waals surface area (Å²) in [6, 6.07) is 54.1. The molecule has 0 aliphatic heterocycles. The number of rotatable bonds is 12. The van der Waals surface area contributed by atoms with Crippen molar-refractivity contribution in [3.63, 3.8) is 0 Å². The van der Waals surface area contributed by atoms with E-state index >= 15 is 0 Å². The van der Waals surface area contributed by atoms with Gasteiger partial charge in [0.2, 0.25) is 0 Å². The van der Waals surface area contributed by atoms with Crippen molar-refractivity contribution in [3.8, 4) is 33.8 Å². The zero-order valence-corrected chi connectivity index (χ0v) is 33.3. The summed E-state index contributed by atoms with van der Waals surface area (Å²) < 4.78 is 0. The van der Waals surface area contributed by atoms with Gasteiger partial charge in [-0.3, -0.25) is 0 Å². The van der Waals surface area contributed by atoms with E-state index in [1.165, 1.54) is 33.4 Å². The number of aromatic nitrogens is 3. The second kappa shape index (κ2) is 16.8. The summed E-state index contributed by atoms with van der Waals surface area (Å²) in [5, 5.41) is 0. The van der Waals surface area contributed by atoms with Gasteiger partial charge in [-0.05, 0) is 87.0 Å². The molecule has 264 valence electrons. The molecule has 0 bridgehead atoms. The molecule has 53 heavy (non-hydrogen) atoms. The first-order valence-corrected chi connectivity index (χ1v) is 18.1. The van der Waals surface area contributed by atoms with E-state index < -0.39 is 0 Å². The van der Waals surface area contributed by atoms with Crippen LogP contribution in [-0.4, -0.2) is 15.0 Å². The summed E-state index contributed by atoms with van der Waals surface area (Å²) >= 11 is 0. The molecule has 4 heteroatoms. The Balaban J connectivity index is 0.00000481. The molecule has 0 unspecified atom stereocenters. The van der Waals surface area contributed by atoms with Crippen LogP contribution in [0.15, 0.2) is 146 Å². The van der Waals surface area contributed by atoms with Crippen LogP contribution in [0.4, 0.5) is 0 Å². The Morgan fingerprint density at radius 1 is 0.434 bits per heavy atom. The van der Waals surface area contributed by atoms with Crippen molar-refractivity contribution < 1.29 is 20.1 Å². The molecule has 0 spiro atoms. The van der Waals surface area contributed by atoms with E-state index in [-0.39, 0.29) is 30.9 Å². The SMILES string of the molecule is CC(C)(Cc1cc(CCc2ccc(-c3[c-]cccc3)nc2)cc(CC(C)(C)c2ccc(-c3[c-]cccc3)nc2)c1)c1ccc(-c2[c-]cccc2)nc1.[Ir+3]. The van der Waals surface area contributed by atoms with E-state index in [2.05, 4.69) is 119 Å². The van der Waals surface area contributed by atoms with E-state index in [1.54, 1.807) is 0 Å². The predicted molar refractivity (Wildman–Crippen MR) is 213 cm³/mol. The molecule has 0 aliphatic carbocycles. The molecule has 3 aromatic heterocycles. The summed E-state index contributed by atoms with van der Waals surface area (Å²) in [5.74, 6) is 0. The first-order chi connectivity index (χ1) is 25.2. The third-order valence-electron chi connectivity index (χ3n) is 9.98. The van der Waals surface area contributed by atoms with E-state index in [1.807, 2.05) is 73.2 Å². The molecular formula is C49H44IrN3. The standard InChI is InChI=1S/C49H44N3.Ir/c1-48(2,43-23-26-46(51-34-43)41-16-10-6-11-17-41)31-38-28-37(21-20-36-22-25-45(50-33-36)40-14-8-5-9-15-40)29-39(30-38)32-49(3,4)44-24-27-47(52-35-44)42-18-12-7-13-19-42;/h5-14,16,18,22-30,33-35H,20-21,31-32H2,1-4H3;/q-3;+3. The maximum Gasteiger partial charge on any atom is 3.00 e. The van der Waals surface area contributed by atoms with Crippen LogP contribution in [0, 0.1) is 18.2 Å². The van der Waals surface area contributed by atoms with Crippen molar-refractivity contribution in [3.05, 3.63) is 198 Å². The Morgan fingerprint density at radius 3 is 1.19 bits per heavy atom. The van der Waals surface area contributed by atoms with Crippen molar-refractivity contribution in [2.45, 2.75) is 64.2 Å². The van der Waals surface area contributed by atoms with Gasteiger partial charge in [-0.25, -0.2) is 0 Å². The number of pyridine rings is 3. The van der Waals surface area contributed by atoms with E-state index in [9.17, 15) is 0 Å². The molecule has 0 atom stereocenters. The molecule has 0 saturated carbocycles. The summed E-state index contributed by atoms with van der Waals surface area (Å²) in [5.41, 5.74) is 13.4. The molecule has 3 heterocycles. The van der Waals surface area contributed by atoms with Crippen molar-refractivity contribution in [1.82, 2.24) is 15.0 Å². The van der Waals surface area contributed by atoms with Crippen LogP contribution in [0.5, 0.6) is 0 Å². The molecule has 0 aliphatic rings. The number of hydrogen-bond donors (Lipinski definition) is 0. The Hall–Kier alpha value is -5.02. The molecule has 3 nitrogen and oxygen atoms in total. The molecule has 7 aromatic rings. The van der Waals surface area contributed by atoms with Crippen LogP contribution in [-0.2, 0) is 56.6 Å². The van der Waals surface area contributed by atoms with Gasteiger partial charge in [-0.1, -0.05) is 82.3 Å². The molecule has 0 N–H and O–H groups in total. The van der Waals surface area contributed by atoms with Crippen LogP contribution in [0.3, 0.4) is 0 Å². The summed E-state index contributed by atoms with van der Waals surface area (Å²) in [7, 11) is 0. The van der Waals surface area contributed by atoms with Crippen molar-refractivity contribution in [2.24, 2.45) is 0 Å². The van der Waals surface area contributed by atoms with Crippen LogP contribution >= 0.6 is 0 Å². The van der Waals surface area contributed by atoms with Gasteiger partial charge in [0.1, 0.15) is 0 Å². The first-order valence-electron chi connectivity index (χ1n) is 18.1. The van der Waals surface area contributed by atoms with Gasteiger partial charge in [-0.2, -0.15) is 0 Å². The third kappa shape index (κ3) is 9.51. The summed E-state index contributed by atoms with van der Waals surface area (Å²) in [6.07, 6.45) is 9.76. The Labute approximate surface area is 329 Å². The largest absolute Gasteiger partial charge is 3.00 e. The average Bonchev–Trinajstić information content (AvgIpc) is 3.18. The van der Waals surface area contributed by atoms with Crippen molar-refractivity contribution in [1.29, 1.82) is 0 Å². The Kier molecular flexibility index (Phi) is 11.9. The molecule has 7 rings (SSSR count). The minimum Gasteiger partial charge on any atom is -0.304 e. The normalized spacial score (nSPS) is 11.5. The van der Waals surface area contributed by atoms with E-state index in [0.29, 0.717) is 0 Å². The minimum absolute atomic E-state index is 0. The summed E-state index contributed by atoms with van der Waals surface area (Å²) in [6.45, 7) is 9.29. The van der Waals surface area contributed by atoms with Gasteiger partial charge in [0, 0.05) is 18.6 Å². The van der Waals surface area contributed by atoms with Crippen molar-refractivity contribution >= 4 is 0 Å². The fraction of sp³-hybridized carbons (Fsp3) is 0.204. The zero-order valence-electron chi connectivity index (χ0n) is 30.9. The predicted octanol–water partition coefficient (Wildman–Crippen LogP) is 11.1. The zero-order chi connectivity index (χ0) is 36.0. The second-order valence-electron chi connectivity index (χ2n) is 15.0. The van der Waals surface area contributed by atoms with Gasteiger partial charge in [-0.15, -0.1) is 108 Å². The Morgan fingerprint density at radius 2 is 0.830 bits per heavy atom. The molecular weight excluding hydrogens is 823 g/mol. The van der Waals surface area contributed by atoms with Gasteiger partial charge in [0.15, 0.2) is 0 Å². The van der Waals surface area contributed by atoms with Crippen molar-refractivity contribution in [2.75, 3.05) is 0 Å². The molecule has 0 radical (unpaired) electrons. The topological polar surface area (TPSA) is 38.7 Å². The second-order valence-corrected chi connectivity index (χ2v) is 15.0. The van der Waals surface area contributed by atoms with E-state index in [0.717, 1.165) is 59.5 Å². The monoisotopic (exact) mass is 867 g/mol. The van der Waals surface area contributed by atoms with Crippen LogP contribution < -0.4 is 0 Å². The van der Waals surface area contributed by atoms with Gasteiger partial charge in [0.05, 0.1) is 0 Å². The average molecular weight is 867 g/mol. The molecule has 0 amide bonds. The Bertz CT molecular complexity index is 2080. The van der Waals surface area contributed by atoms with Gasteiger partial charge < -0.3 is 15.0 Å². The van der Waals surface area contributed by atoms with Gasteiger partial charge in [0.25, 0.3) is 0 Å². The molecule has 0 fully saturated rings. The maximum atomic E-state index is 4.84. The number of hydrogen-bond acceptors (Lipinski definition) is 3. The number of aryl methyl sites for hydroxylation is 2. The fourth-order valence-corrected chi connectivity index (χ4v) is 7.00. The van der Waals surface area contributed by atoms with Crippen LogP contribution in [0.25, 0.3) is 33.8 Å². The molecule has 0 saturated heterocycles. The number of benzene rings is 4. The van der Waals surface area contributed by atoms with Crippen LogP contribution in [0.2, 0.25) is 0 Å². The molecule has 4 aromatic carbocycles. The fourth-order valence-electron chi connectivity index (χ4n) is 7.00. The first kappa shape index (κ1) is 37.7. The third-order valence-corrected chi connectivity index (χ3v) is 9.98. The quantitative estimate of drug-likeness (QED) is 0.115. The minimum atomic E-state index is -0.111. The number of nitrogens with zero attached hydrogens (tertiary/aromatic N) is 3. The van der Waals surface area contributed by atoms with Crippen LogP contribution in [0.1, 0.15) is 61.1 Å². The maximum absolute atomic E-state index is 4.84. The van der Waals surface area contributed by atoms with Gasteiger partial charge >= 0.3 is 20.1 Å². The summed E-state index contributed by atoms with van der Waals surface area (Å²) in [4.78, 5) is 14.4. The smallest absolute Gasteiger partial charge is 0.304 e.